The fraction of sp³-hybridized carbons (Fsp3) is 0.435. The number of fused-ring (bicyclic) bond motifs is 1. The summed E-state index contributed by atoms with van der Waals surface area (Å²) in [6.45, 7) is 3.13. The Morgan fingerprint density at radius 3 is 2.52 bits per heavy atom. The van der Waals surface area contributed by atoms with Crippen LogP contribution in [-0.4, -0.2) is 40.7 Å². The van der Waals surface area contributed by atoms with Crippen LogP contribution in [0.2, 0.25) is 0 Å². The zero-order valence-corrected chi connectivity index (χ0v) is 17.1. The third-order valence-corrected chi connectivity index (χ3v) is 6.64. The molecule has 1 amide bonds. The molecule has 3 fully saturated rings. The van der Waals surface area contributed by atoms with Crippen LogP contribution in [-0.2, 0) is 9.53 Å². The molecule has 6 nitrogen and oxygen atoms in total. The lowest BCUT2D eigenvalue weighted by Crippen LogP contribution is -2.50. The van der Waals surface area contributed by atoms with E-state index in [1.807, 2.05) is 13.0 Å². The summed E-state index contributed by atoms with van der Waals surface area (Å²) in [5.41, 5.74) is 1.02. The van der Waals surface area contributed by atoms with Gasteiger partial charge in [-0.05, 0) is 49.1 Å². The topological polar surface area (TPSA) is 69.5 Å². The first kappa shape index (κ1) is 19.9. The van der Waals surface area contributed by atoms with Crippen molar-refractivity contribution in [2.75, 3.05) is 18.0 Å². The highest BCUT2D eigenvalue weighted by molar-refractivity contribution is 5.88. The lowest BCUT2D eigenvalue weighted by atomic mass is 9.89. The molecule has 3 aliphatic heterocycles. The van der Waals surface area contributed by atoms with Crippen molar-refractivity contribution in [1.82, 2.24) is 9.88 Å². The van der Waals surface area contributed by atoms with E-state index in [0.29, 0.717) is 49.9 Å². The van der Waals surface area contributed by atoms with Crippen LogP contribution in [0.25, 0.3) is 0 Å². The summed E-state index contributed by atoms with van der Waals surface area (Å²) < 4.78 is 33.8. The Morgan fingerprint density at radius 2 is 1.87 bits per heavy atom. The summed E-state index contributed by atoms with van der Waals surface area (Å²) in [4.78, 5) is 21.7. The quantitative estimate of drug-likeness (QED) is 0.737. The van der Waals surface area contributed by atoms with Crippen molar-refractivity contribution in [2.45, 2.75) is 50.5 Å². The van der Waals surface area contributed by atoms with Crippen molar-refractivity contribution in [3.05, 3.63) is 58.8 Å². The normalized spacial score (nSPS) is 24.5. The van der Waals surface area contributed by atoms with Crippen molar-refractivity contribution in [2.24, 2.45) is 0 Å². The number of halogens is 2. The number of piperidine rings is 1. The number of hydrogen-bond acceptors (Lipinski definition) is 5. The van der Waals surface area contributed by atoms with E-state index in [0.717, 1.165) is 17.4 Å². The summed E-state index contributed by atoms with van der Waals surface area (Å²) in [5, 5.41) is 9.04. The molecule has 4 heterocycles. The third kappa shape index (κ3) is 3.24. The Balaban J connectivity index is 1.34. The van der Waals surface area contributed by atoms with Gasteiger partial charge in [-0.2, -0.15) is 5.26 Å². The van der Waals surface area contributed by atoms with Crippen LogP contribution in [0.15, 0.2) is 30.5 Å². The Kier molecular flexibility index (Phi) is 4.67. The number of nitriles is 1. The molecule has 2 aromatic rings. The largest absolute Gasteiger partial charge is 0.356 e. The van der Waals surface area contributed by atoms with E-state index in [2.05, 4.69) is 16.0 Å². The van der Waals surface area contributed by atoms with Gasteiger partial charge in [0, 0.05) is 38.2 Å². The minimum Gasteiger partial charge on any atom is -0.356 e. The first-order valence-electron chi connectivity index (χ1n) is 10.5. The molecule has 0 unspecified atom stereocenters. The molecule has 1 aromatic carbocycles. The molecular formula is C23H22F2N4O2. The van der Waals surface area contributed by atoms with E-state index in [4.69, 9.17) is 10.00 Å². The van der Waals surface area contributed by atoms with E-state index < -0.39 is 17.2 Å². The van der Waals surface area contributed by atoms with E-state index in [1.165, 1.54) is 12.1 Å². The second-order valence-corrected chi connectivity index (χ2v) is 8.54. The highest BCUT2D eigenvalue weighted by Gasteiger charge is 2.58. The number of rotatable bonds is 2. The second-order valence-electron chi connectivity index (χ2n) is 8.54. The van der Waals surface area contributed by atoms with Crippen molar-refractivity contribution in [3.8, 4) is 6.07 Å². The summed E-state index contributed by atoms with van der Waals surface area (Å²) >= 11 is 0. The van der Waals surface area contributed by atoms with E-state index in [-0.39, 0.29) is 18.2 Å². The van der Waals surface area contributed by atoms with Crippen LogP contribution >= 0.6 is 0 Å². The molecule has 0 N–H and O–H groups in total. The van der Waals surface area contributed by atoms with Crippen molar-refractivity contribution in [3.63, 3.8) is 0 Å². The molecule has 0 saturated carbocycles. The minimum absolute atomic E-state index is 0.0890. The molecule has 31 heavy (non-hydrogen) atoms. The molecular weight excluding hydrogens is 402 g/mol. The maximum atomic E-state index is 13.8. The van der Waals surface area contributed by atoms with Gasteiger partial charge in [0.2, 0.25) is 0 Å². The van der Waals surface area contributed by atoms with Gasteiger partial charge in [-0.1, -0.05) is 0 Å². The number of anilines is 1. The van der Waals surface area contributed by atoms with Crippen LogP contribution < -0.4 is 4.90 Å². The van der Waals surface area contributed by atoms with Crippen LogP contribution in [0.4, 0.5) is 14.6 Å². The predicted molar refractivity (Wildman–Crippen MR) is 108 cm³/mol. The molecule has 1 spiro atoms. The van der Waals surface area contributed by atoms with Gasteiger partial charge in [-0.15, -0.1) is 0 Å². The Labute approximate surface area is 179 Å². The van der Waals surface area contributed by atoms with Crippen LogP contribution in [0.1, 0.15) is 48.4 Å². The van der Waals surface area contributed by atoms with Gasteiger partial charge >= 0.3 is 0 Å². The number of pyridine rings is 1. The van der Waals surface area contributed by atoms with Gasteiger partial charge in [0.05, 0.1) is 11.6 Å². The molecule has 0 aliphatic carbocycles. The van der Waals surface area contributed by atoms with E-state index in [1.54, 1.807) is 11.1 Å². The number of aromatic nitrogens is 1. The van der Waals surface area contributed by atoms with Gasteiger partial charge in [0.15, 0.2) is 5.60 Å². The Morgan fingerprint density at radius 1 is 1.16 bits per heavy atom. The first-order valence-corrected chi connectivity index (χ1v) is 10.5. The molecule has 0 radical (unpaired) electrons. The fourth-order valence-electron chi connectivity index (χ4n) is 5.18. The van der Waals surface area contributed by atoms with Crippen LogP contribution in [0.5, 0.6) is 0 Å². The number of ether oxygens (including phenoxy) is 1. The number of nitrogens with zero attached hydrogens (tertiary/aromatic N) is 4. The SMILES string of the molecule is Cc1cc(C#N)cnc1N1CCC2(CC1)O[C@@H]1CC[C@@H](c3cc(F)cc(F)c3)N1C2=O. The van der Waals surface area contributed by atoms with Crippen molar-refractivity contribution in [1.29, 1.82) is 5.26 Å². The van der Waals surface area contributed by atoms with Gasteiger partial charge in [-0.3, -0.25) is 4.79 Å². The van der Waals surface area contributed by atoms with Gasteiger partial charge in [0.25, 0.3) is 5.91 Å². The number of carbonyl (C=O) groups is 1. The van der Waals surface area contributed by atoms with Crippen molar-refractivity contribution >= 4 is 11.7 Å². The van der Waals surface area contributed by atoms with E-state index in [9.17, 15) is 13.6 Å². The minimum atomic E-state index is -0.897. The monoisotopic (exact) mass is 424 g/mol. The average Bonchev–Trinajstić information content (AvgIpc) is 3.26. The summed E-state index contributed by atoms with van der Waals surface area (Å²) in [6, 6.07) is 6.97. The maximum absolute atomic E-state index is 13.8. The summed E-state index contributed by atoms with van der Waals surface area (Å²) in [6.07, 6.45) is 3.51. The Bertz CT molecular complexity index is 1070. The molecule has 5 rings (SSSR count). The fourth-order valence-corrected chi connectivity index (χ4v) is 5.18. The number of hydrogen-bond donors (Lipinski definition) is 0. The van der Waals surface area contributed by atoms with Crippen LogP contribution in [0.3, 0.4) is 0 Å². The molecule has 2 atom stereocenters. The molecule has 3 saturated heterocycles. The first-order chi connectivity index (χ1) is 14.9. The highest BCUT2D eigenvalue weighted by atomic mass is 19.1. The third-order valence-electron chi connectivity index (χ3n) is 6.64. The van der Waals surface area contributed by atoms with Crippen molar-refractivity contribution < 1.29 is 18.3 Å². The smallest absolute Gasteiger partial charge is 0.257 e. The molecule has 8 heteroatoms. The van der Waals surface area contributed by atoms with E-state index >= 15 is 0 Å². The number of aryl methyl sites for hydroxylation is 1. The zero-order chi connectivity index (χ0) is 21.8. The highest BCUT2D eigenvalue weighted by Crippen LogP contribution is 2.48. The van der Waals surface area contributed by atoms with Gasteiger partial charge in [0.1, 0.15) is 29.7 Å². The van der Waals surface area contributed by atoms with Crippen LogP contribution in [0, 0.1) is 29.9 Å². The predicted octanol–water partition coefficient (Wildman–Crippen LogP) is 3.60. The molecule has 0 bridgehead atoms. The molecule has 1 aromatic heterocycles. The standard InChI is InChI=1S/C23H22F2N4O2/c1-14-8-15(12-26)13-27-21(14)28-6-4-23(5-7-28)22(30)29-19(2-3-20(29)31-23)16-9-17(24)11-18(25)10-16/h8-11,13,19-20H,2-7H2,1H3/t19-,20+/m0/s1. The Hall–Kier alpha value is -3.05. The lowest BCUT2D eigenvalue weighted by Gasteiger charge is -2.38. The van der Waals surface area contributed by atoms with Gasteiger partial charge < -0.3 is 14.5 Å². The average molecular weight is 424 g/mol. The molecule has 3 aliphatic rings. The molecule has 160 valence electrons. The van der Waals surface area contributed by atoms with Gasteiger partial charge in [-0.25, -0.2) is 13.8 Å². The zero-order valence-electron chi connectivity index (χ0n) is 17.1. The number of amides is 1. The summed E-state index contributed by atoms with van der Waals surface area (Å²) in [7, 11) is 0. The number of carbonyl (C=O) groups excluding carboxylic acids is 1. The lowest BCUT2D eigenvalue weighted by molar-refractivity contribution is -0.140. The number of benzene rings is 1. The second kappa shape index (κ2) is 7.27. The summed E-state index contributed by atoms with van der Waals surface area (Å²) in [5.74, 6) is -0.555. The maximum Gasteiger partial charge on any atom is 0.257 e.